The van der Waals surface area contributed by atoms with Crippen LogP contribution < -0.4 is 0 Å². The maximum absolute atomic E-state index is 6.29. The molecule has 1 aliphatic heterocycles. The van der Waals surface area contributed by atoms with Crippen molar-refractivity contribution in [3.63, 3.8) is 0 Å². The molecule has 1 aromatic heterocycles. The van der Waals surface area contributed by atoms with Gasteiger partial charge in [-0.2, -0.15) is 0 Å². The second-order valence-electron chi connectivity index (χ2n) is 6.80. The van der Waals surface area contributed by atoms with E-state index in [-0.39, 0.29) is 0 Å². The van der Waals surface area contributed by atoms with Gasteiger partial charge in [0.15, 0.2) is 0 Å². The molecule has 3 nitrogen and oxygen atoms in total. The van der Waals surface area contributed by atoms with Gasteiger partial charge < -0.3 is 0 Å². The summed E-state index contributed by atoms with van der Waals surface area (Å²) in [5.41, 5.74) is 3.46. The minimum atomic E-state index is 0.759. The highest BCUT2D eigenvalue weighted by atomic mass is 35.5. The third-order valence-corrected chi connectivity index (χ3v) is 6.33. The Morgan fingerprint density at radius 1 is 0.852 bits per heavy atom. The van der Waals surface area contributed by atoms with Crippen LogP contribution in [-0.2, 0) is 13.1 Å². The average Bonchev–Trinajstić information content (AvgIpc) is 3.14. The summed E-state index contributed by atoms with van der Waals surface area (Å²) in [5, 5.41) is 4.70. The third kappa shape index (κ3) is 4.89. The average molecular weight is 418 g/mol. The van der Waals surface area contributed by atoms with Crippen LogP contribution in [0.1, 0.15) is 11.3 Å². The molecule has 0 atom stereocenters. The van der Waals surface area contributed by atoms with E-state index in [0.717, 1.165) is 65.6 Å². The van der Waals surface area contributed by atoms with Crippen LogP contribution in [-0.4, -0.2) is 41.0 Å². The van der Waals surface area contributed by atoms with E-state index in [1.54, 1.807) is 11.3 Å². The molecule has 0 radical (unpaired) electrons. The lowest BCUT2D eigenvalue weighted by Gasteiger charge is -2.34. The highest BCUT2D eigenvalue weighted by Gasteiger charge is 2.18. The van der Waals surface area contributed by atoms with Crippen LogP contribution in [0.4, 0.5) is 0 Å². The molecule has 4 rings (SSSR count). The molecule has 140 valence electrons. The zero-order valence-electron chi connectivity index (χ0n) is 14.9. The fraction of sp³-hybridized carbons (Fsp3) is 0.286. The van der Waals surface area contributed by atoms with Crippen LogP contribution >= 0.6 is 34.5 Å². The van der Waals surface area contributed by atoms with Crippen LogP contribution in [0.5, 0.6) is 0 Å². The smallest absolute Gasteiger partial charge is 0.125 e. The van der Waals surface area contributed by atoms with Crippen LogP contribution in [0.3, 0.4) is 0 Å². The molecule has 0 amide bonds. The Morgan fingerprint density at radius 3 is 2.22 bits per heavy atom. The van der Waals surface area contributed by atoms with E-state index in [0.29, 0.717) is 0 Å². The molecular formula is C21H21Cl2N3S. The zero-order valence-corrected chi connectivity index (χ0v) is 17.3. The Bertz CT molecular complexity index is 886. The van der Waals surface area contributed by atoms with Gasteiger partial charge >= 0.3 is 0 Å². The predicted octanol–water partition coefficient (Wildman–Crippen LogP) is 5.43. The normalized spacial score (nSPS) is 15.9. The fourth-order valence-electron chi connectivity index (χ4n) is 3.32. The van der Waals surface area contributed by atoms with Gasteiger partial charge in [-0.05, 0) is 23.8 Å². The molecule has 0 saturated carbocycles. The third-order valence-electron chi connectivity index (χ3n) is 4.83. The number of hydrogen-bond donors (Lipinski definition) is 0. The lowest BCUT2D eigenvalue weighted by atomic mass is 10.2. The van der Waals surface area contributed by atoms with Crippen LogP contribution in [0.25, 0.3) is 10.6 Å². The monoisotopic (exact) mass is 417 g/mol. The van der Waals surface area contributed by atoms with Crippen molar-refractivity contribution in [2.75, 3.05) is 26.2 Å². The van der Waals surface area contributed by atoms with E-state index in [2.05, 4.69) is 27.3 Å². The second-order valence-corrected chi connectivity index (χ2v) is 8.50. The number of aromatic nitrogens is 1. The SMILES string of the molecule is Clc1ccc(CN2CCN(Cc3csc(-c4ccccc4Cl)n3)CC2)cc1. The van der Waals surface area contributed by atoms with E-state index < -0.39 is 0 Å². The summed E-state index contributed by atoms with van der Waals surface area (Å²) >= 11 is 13.9. The quantitative estimate of drug-likeness (QED) is 0.551. The van der Waals surface area contributed by atoms with E-state index in [1.165, 1.54) is 5.56 Å². The number of rotatable bonds is 5. The van der Waals surface area contributed by atoms with Gasteiger partial charge in [0.25, 0.3) is 0 Å². The molecule has 0 spiro atoms. The Morgan fingerprint density at radius 2 is 1.52 bits per heavy atom. The molecule has 2 aromatic carbocycles. The molecule has 1 fully saturated rings. The molecule has 6 heteroatoms. The van der Waals surface area contributed by atoms with Gasteiger partial charge in [0.05, 0.1) is 10.7 Å². The summed E-state index contributed by atoms with van der Waals surface area (Å²) in [4.78, 5) is 9.77. The van der Waals surface area contributed by atoms with Crippen molar-refractivity contribution in [2.24, 2.45) is 0 Å². The van der Waals surface area contributed by atoms with Crippen molar-refractivity contribution >= 4 is 34.5 Å². The van der Waals surface area contributed by atoms with Crippen LogP contribution in [0.15, 0.2) is 53.9 Å². The van der Waals surface area contributed by atoms with Gasteiger partial charge in [-0.25, -0.2) is 4.98 Å². The summed E-state index contributed by atoms with van der Waals surface area (Å²) in [7, 11) is 0. The first-order valence-corrected chi connectivity index (χ1v) is 10.7. The number of hydrogen-bond acceptors (Lipinski definition) is 4. The molecule has 0 aliphatic carbocycles. The summed E-state index contributed by atoms with van der Waals surface area (Å²) in [5.74, 6) is 0. The molecule has 1 saturated heterocycles. The van der Waals surface area contributed by atoms with Gasteiger partial charge in [0.1, 0.15) is 5.01 Å². The first-order valence-electron chi connectivity index (χ1n) is 9.06. The van der Waals surface area contributed by atoms with Gasteiger partial charge in [-0.15, -0.1) is 11.3 Å². The van der Waals surface area contributed by atoms with Gasteiger partial charge in [0.2, 0.25) is 0 Å². The molecule has 3 aromatic rings. The molecule has 0 unspecified atom stereocenters. The zero-order chi connectivity index (χ0) is 18.6. The van der Waals surface area contributed by atoms with Gasteiger partial charge in [0, 0.05) is 55.2 Å². The number of piperazine rings is 1. The Kier molecular flexibility index (Phi) is 6.11. The summed E-state index contributed by atoms with van der Waals surface area (Å²) in [6, 6.07) is 16.0. The summed E-state index contributed by atoms with van der Waals surface area (Å²) < 4.78 is 0. The van der Waals surface area contributed by atoms with E-state index in [1.807, 2.05) is 36.4 Å². The topological polar surface area (TPSA) is 19.4 Å². The maximum atomic E-state index is 6.29. The van der Waals surface area contributed by atoms with Crippen molar-refractivity contribution in [1.29, 1.82) is 0 Å². The maximum Gasteiger partial charge on any atom is 0.125 e. The van der Waals surface area contributed by atoms with Crippen LogP contribution in [0.2, 0.25) is 10.0 Å². The lowest BCUT2D eigenvalue weighted by Crippen LogP contribution is -2.45. The van der Waals surface area contributed by atoms with Crippen molar-refractivity contribution in [3.05, 3.63) is 75.2 Å². The van der Waals surface area contributed by atoms with Crippen molar-refractivity contribution in [1.82, 2.24) is 14.8 Å². The van der Waals surface area contributed by atoms with Crippen LogP contribution in [0, 0.1) is 0 Å². The molecule has 0 N–H and O–H groups in total. The molecular weight excluding hydrogens is 397 g/mol. The molecule has 1 aliphatic rings. The highest BCUT2D eigenvalue weighted by Crippen LogP contribution is 2.30. The van der Waals surface area contributed by atoms with Crippen molar-refractivity contribution < 1.29 is 0 Å². The summed E-state index contributed by atoms with van der Waals surface area (Å²) in [6.07, 6.45) is 0. The summed E-state index contributed by atoms with van der Waals surface area (Å²) in [6.45, 7) is 6.15. The first kappa shape index (κ1) is 18.9. The lowest BCUT2D eigenvalue weighted by molar-refractivity contribution is 0.121. The highest BCUT2D eigenvalue weighted by molar-refractivity contribution is 7.13. The first-order chi connectivity index (χ1) is 13.2. The van der Waals surface area contributed by atoms with Crippen molar-refractivity contribution in [3.8, 4) is 10.6 Å². The Hall–Kier alpha value is -1.43. The fourth-order valence-corrected chi connectivity index (χ4v) is 4.58. The Balaban J connectivity index is 1.31. The minimum absolute atomic E-state index is 0.759. The largest absolute Gasteiger partial charge is 0.297 e. The van der Waals surface area contributed by atoms with Crippen molar-refractivity contribution in [2.45, 2.75) is 13.1 Å². The van der Waals surface area contributed by atoms with Gasteiger partial charge in [-0.3, -0.25) is 9.80 Å². The molecule has 27 heavy (non-hydrogen) atoms. The van der Waals surface area contributed by atoms with E-state index in [9.17, 15) is 0 Å². The second kappa shape index (κ2) is 8.72. The van der Waals surface area contributed by atoms with E-state index >= 15 is 0 Å². The molecule has 0 bridgehead atoms. The Labute approximate surface area is 174 Å². The van der Waals surface area contributed by atoms with Gasteiger partial charge in [-0.1, -0.05) is 53.5 Å². The number of halogens is 2. The minimum Gasteiger partial charge on any atom is -0.297 e. The molecule has 2 heterocycles. The number of nitrogens with zero attached hydrogens (tertiary/aromatic N) is 3. The number of thiazole rings is 1. The number of benzene rings is 2. The van der Waals surface area contributed by atoms with E-state index in [4.69, 9.17) is 28.2 Å². The standard InChI is InChI=1S/C21H21Cl2N3S/c22-17-7-5-16(6-8-17)13-25-9-11-26(12-10-25)14-18-15-27-21(24-18)19-3-1-2-4-20(19)23/h1-8,15H,9-14H2. The predicted molar refractivity (Wildman–Crippen MR) is 115 cm³/mol.